The summed E-state index contributed by atoms with van der Waals surface area (Å²) in [6.07, 6.45) is 0. The first-order valence-electron chi connectivity index (χ1n) is 5.01. The van der Waals surface area contributed by atoms with Crippen LogP contribution in [-0.4, -0.2) is 0 Å². The minimum absolute atomic E-state index is 0.362. The lowest BCUT2D eigenvalue weighted by Crippen LogP contribution is -1.90. The zero-order valence-electron chi connectivity index (χ0n) is 9.19. The van der Waals surface area contributed by atoms with Crippen molar-refractivity contribution in [3.63, 3.8) is 0 Å². The Labute approximate surface area is 111 Å². The van der Waals surface area contributed by atoms with Gasteiger partial charge in [0.2, 0.25) is 0 Å². The maximum atomic E-state index is 13.1. The first kappa shape index (κ1) is 13.0. The number of halogens is 2. The van der Waals surface area contributed by atoms with Crippen molar-refractivity contribution >= 4 is 33.0 Å². The van der Waals surface area contributed by atoms with Crippen molar-refractivity contribution in [2.24, 2.45) is 0 Å². The van der Waals surface area contributed by atoms with Gasteiger partial charge in [0.05, 0.1) is 0 Å². The average Bonchev–Trinajstić information content (AvgIpc) is 2.34. The minimum atomic E-state index is -0.362. The van der Waals surface area contributed by atoms with Crippen LogP contribution in [0.1, 0.15) is 0 Å². The molecule has 0 atom stereocenters. The van der Waals surface area contributed by atoms with Crippen molar-refractivity contribution in [3.8, 4) is 0 Å². The molecule has 0 unspecified atom stereocenters. The molecule has 2 rings (SSSR count). The highest BCUT2D eigenvalue weighted by Crippen LogP contribution is 2.42. The summed E-state index contributed by atoms with van der Waals surface area (Å²) >= 11 is 0. The van der Waals surface area contributed by atoms with Crippen LogP contribution in [0, 0.1) is 11.6 Å². The third-order valence-corrected chi connectivity index (χ3v) is 4.65. The smallest absolute Gasteiger partial charge is 0.124 e. The summed E-state index contributed by atoms with van der Waals surface area (Å²) in [6.45, 7) is 0. The lowest BCUT2D eigenvalue weighted by Gasteiger charge is -2.07. The largest absolute Gasteiger partial charge is 0.398 e. The second-order valence-corrected chi connectivity index (χ2v) is 5.74. The van der Waals surface area contributed by atoms with Gasteiger partial charge in [-0.25, -0.2) is 8.78 Å². The Bertz CT molecular complexity index is 524. The van der Waals surface area contributed by atoms with Gasteiger partial charge >= 0.3 is 0 Å². The van der Waals surface area contributed by atoms with E-state index in [0.29, 0.717) is 21.2 Å². The summed E-state index contributed by atoms with van der Waals surface area (Å²) in [7, 11) is 2.48. The summed E-state index contributed by atoms with van der Waals surface area (Å²) in [4.78, 5) is 1.17. The molecule has 0 radical (unpaired) electrons. The zero-order chi connectivity index (χ0) is 13.1. The predicted octanol–water partition coefficient (Wildman–Crippen LogP) is 3.93. The Balaban J connectivity index is 2.16. The standard InChI is InChI=1S/C12H10F2N2S2/c13-7-1-3-9(15)11(5-7)17-18-12-6-8(14)2-4-10(12)16/h1-6H,15-16H2. The van der Waals surface area contributed by atoms with Crippen molar-refractivity contribution in [3.05, 3.63) is 48.0 Å². The summed E-state index contributed by atoms with van der Waals surface area (Å²) in [5.74, 6) is -0.723. The maximum absolute atomic E-state index is 13.1. The number of hydrogen-bond acceptors (Lipinski definition) is 4. The molecule has 0 aliphatic carbocycles. The Morgan fingerprint density at radius 1 is 0.722 bits per heavy atom. The molecule has 0 aromatic heterocycles. The number of benzene rings is 2. The van der Waals surface area contributed by atoms with Crippen LogP contribution in [0.4, 0.5) is 20.2 Å². The topological polar surface area (TPSA) is 52.0 Å². The van der Waals surface area contributed by atoms with E-state index in [0.717, 1.165) is 0 Å². The van der Waals surface area contributed by atoms with Crippen molar-refractivity contribution in [2.75, 3.05) is 11.5 Å². The second-order valence-electron chi connectivity index (χ2n) is 3.53. The number of rotatable bonds is 3. The van der Waals surface area contributed by atoms with Gasteiger partial charge in [-0.05, 0) is 36.4 Å². The Morgan fingerprint density at radius 2 is 1.11 bits per heavy atom. The second kappa shape index (κ2) is 5.49. The van der Waals surface area contributed by atoms with Gasteiger partial charge in [0.25, 0.3) is 0 Å². The van der Waals surface area contributed by atoms with E-state index in [4.69, 9.17) is 11.5 Å². The molecule has 0 aliphatic heterocycles. The van der Waals surface area contributed by atoms with Crippen molar-refractivity contribution in [1.29, 1.82) is 0 Å². The lowest BCUT2D eigenvalue weighted by molar-refractivity contribution is 0.624. The minimum Gasteiger partial charge on any atom is -0.398 e. The van der Waals surface area contributed by atoms with E-state index in [1.165, 1.54) is 58.0 Å². The molecule has 0 fully saturated rings. The fourth-order valence-corrected chi connectivity index (χ4v) is 3.48. The molecule has 2 aromatic carbocycles. The Kier molecular flexibility index (Phi) is 3.98. The van der Waals surface area contributed by atoms with Crippen LogP contribution < -0.4 is 11.5 Å². The molecule has 18 heavy (non-hydrogen) atoms. The lowest BCUT2D eigenvalue weighted by atomic mass is 10.3. The third kappa shape index (κ3) is 3.08. The van der Waals surface area contributed by atoms with E-state index in [-0.39, 0.29) is 11.6 Å². The number of anilines is 2. The van der Waals surface area contributed by atoms with Gasteiger partial charge in [-0.1, -0.05) is 21.6 Å². The van der Waals surface area contributed by atoms with Crippen LogP contribution in [0.3, 0.4) is 0 Å². The highest BCUT2D eigenvalue weighted by atomic mass is 33.1. The van der Waals surface area contributed by atoms with Gasteiger partial charge in [-0.15, -0.1) is 0 Å². The summed E-state index contributed by atoms with van der Waals surface area (Å²) < 4.78 is 26.1. The van der Waals surface area contributed by atoms with Gasteiger partial charge < -0.3 is 11.5 Å². The Hall–Kier alpha value is -1.40. The first-order valence-corrected chi connectivity index (χ1v) is 7.16. The van der Waals surface area contributed by atoms with E-state index in [1.807, 2.05) is 0 Å². The third-order valence-electron chi connectivity index (χ3n) is 2.17. The number of nitrogen functional groups attached to an aromatic ring is 2. The molecule has 2 nitrogen and oxygen atoms in total. The van der Waals surface area contributed by atoms with Crippen LogP contribution in [0.15, 0.2) is 46.2 Å². The number of hydrogen-bond donors (Lipinski definition) is 2. The molecule has 0 amide bonds. The summed E-state index contributed by atoms with van der Waals surface area (Å²) in [5, 5.41) is 0. The molecule has 0 spiro atoms. The van der Waals surface area contributed by atoms with E-state index >= 15 is 0 Å². The van der Waals surface area contributed by atoms with Gasteiger partial charge in [0, 0.05) is 21.2 Å². The monoisotopic (exact) mass is 284 g/mol. The van der Waals surface area contributed by atoms with Crippen molar-refractivity contribution in [2.45, 2.75) is 9.79 Å². The van der Waals surface area contributed by atoms with Gasteiger partial charge in [0.15, 0.2) is 0 Å². The van der Waals surface area contributed by atoms with E-state index in [9.17, 15) is 8.78 Å². The fraction of sp³-hybridized carbons (Fsp3) is 0. The molecular formula is C12H10F2N2S2. The maximum Gasteiger partial charge on any atom is 0.124 e. The molecule has 0 saturated heterocycles. The summed E-state index contributed by atoms with van der Waals surface area (Å²) in [6, 6.07) is 8.24. The van der Waals surface area contributed by atoms with Crippen molar-refractivity contribution in [1.82, 2.24) is 0 Å². The molecule has 0 saturated carbocycles. The first-order chi connectivity index (χ1) is 8.56. The fourth-order valence-electron chi connectivity index (χ4n) is 1.25. The molecule has 0 bridgehead atoms. The SMILES string of the molecule is Nc1ccc(F)cc1SSc1cc(F)ccc1N. The highest BCUT2D eigenvalue weighted by Gasteiger charge is 2.06. The molecule has 94 valence electrons. The van der Waals surface area contributed by atoms with Gasteiger partial charge in [-0.3, -0.25) is 0 Å². The molecule has 2 aromatic rings. The summed E-state index contributed by atoms with van der Waals surface area (Å²) in [5.41, 5.74) is 12.4. The van der Waals surface area contributed by atoms with Crippen LogP contribution in [-0.2, 0) is 0 Å². The van der Waals surface area contributed by atoms with E-state index in [1.54, 1.807) is 0 Å². The van der Waals surface area contributed by atoms with Crippen LogP contribution in [0.25, 0.3) is 0 Å². The average molecular weight is 284 g/mol. The Morgan fingerprint density at radius 3 is 1.50 bits per heavy atom. The number of nitrogens with two attached hydrogens (primary N) is 2. The van der Waals surface area contributed by atoms with E-state index < -0.39 is 0 Å². The van der Waals surface area contributed by atoms with Crippen molar-refractivity contribution < 1.29 is 8.78 Å². The van der Waals surface area contributed by atoms with Gasteiger partial charge in [0.1, 0.15) is 11.6 Å². The zero-order valence-corrected chi connectivity index (χ0v) is 10.8. The highest BCUT2D eigenvalue weighted by molar-refractivity contribution is 8.76. The van der Waals surface area contributed by atoms with E-state index in [2.05, 4.69) is 0 Å². The molecule has 6 heteroatoms. The molecule has 0 aliphatic rings. The molecule has 4 N–H and O–H groups in total. The normalized spacial score (nSPS) is 10.6. The predicted molar refractivity (Wildman–Crippen MR) is 73.3 cm³/mol. The quantitative estimate of drug-likeness (QED) is 0.662. The van der Waals surface area contributed by atoms with Crippen LogP contribution in [0.2, 0.25) is 0 Å². The van der Waals surface area contributed by atoms with Gasteiger partial charge in [-0.2, -0.15) is 0 Å². The molecular weight excluding hydrogens is 274 g/mol. The molecule has 0 heterocycles. The van der Waals surface area contributed by atoms with Crippen LogP contribution in [0.5, 0.6) is 0 Å². The van der Waals surface area contributed by atoms with Crippen LogP contribution >= 0.6 is 21.6 Å².